The van der Waals surface area contributed by atoms with Gasteiger partial charge in [0.25, 0.3) is 0 Å². The number of nitrogens with one attached hydrogen (secondary N) is 1. The summed E-state index contributed by atoms with van der Waals surface area (Å²) in [5.41, 5.74) is 5.26. The molecular formula is C4H13N2P. The summed E-state index contributed by atoms with van der Waals surface area (Å²) < 4.78 is 0. The molecule has 2 nitrogen and oxygen atoms in total. The Morgan fingerprint density at radius 2 is 2.43 bits per heavy atom. The summed E-state index contributed by atoms with van der Waals surface area (Å²) >= 11 is 0. The average Bonchev–Trinajstić information content (AvgIpc) is 1.68. The van der Waals surface area contributed by atoms with Crippen LogP contribution < -0.4 is 10.8 Å². The molecule has 0 aliphatic heterocycles. The van der Waals surface area contributed by atoms with Crippen LogP contribution >= 0.6 is 9.39 Å². The fourth-order valence-electron chi connectivity index (χ4n) is 0.333. The molecule has 0 aromatic heterocycles. The topological polar surface area (TPSA) is 38.0 Å². The third-order valence-electron chi connectivity index (χ3n) is 0.884. The monoisotopic (exact) mass is 120 g/mol. The van der Waals surface area contributed by atoms with E-state index >= 15 is 0 Å². The van der Waals surface area contributed by atoms with Crippen molar-refractivity contribution < 1.29 is 0 Å². The van der Waals surface area contributed by atoms with Gasteiger partial charge in [0.05, 0.1) is 0 Å². The van der Waals surface area contributed by atoms with Gasteiger partial charge >= 0.3 is 0 Å². The van der Waals surface area contributed by atoms with Gasteiger partial charge in [-0.05, 0) is 19.9 Å². The van der Waals surface area contributed by atoms with E-state index in [0.29, 0.717) is 6.04 Å². The molecule has 0 saturated heterocycles. The molecule has 0 rings (SSSR count). The zero-order valence-corrected chi connectivity index (χ0v) is 5.80. The zero-order valence-electron chi connectivity index (χ0n) is 4.65. The molecule has 0 bridgehead atoms. The smallest absolute Gasteiger partial charge is 0.00825 e. The standard InChI is InChI=1S/C4H13N2P/c1-4(6-7)2-3-5/h4,6H,2-3,5,7H2,1H3. The highest BCUT2D eigenvalue weighted by atomic mass is 31.0. The first-order chi connectivity index (χ1) is 3.31. The Kier molecular flexibility index (Phi) is 4.73. The Balaban J connectivity index is 2.83. The maximum atomic E-state index is 5.26. The Morgan fingerprint density at radius 3 is 2.57 bits per heavy atom. The van der Waals surface area contributed by atoms with Crippen LogP contribution in [0.1, 0.15) is 13.3 Å². The Bertz CT molecular complexity index is 40.7. The summed E-state index contributed by atoms with van der Waals surface area (Å²) in [6, 6.07) is 0.537. The van der Waals surface area contributed by atoms with Crippen molar-refractivity contribution >= 4 is 9.39 Å². The van der Waals surface area contributed by atoms with E-state index in [4.69, 9.17) is 5.73 Å². The molecular weight excluding hydrogens is 107 g/mol. The number of hydrogen-bond acceptors (Lipinski definition) is 2. The normalized spacial score (nSPS) is 14.1. The van der Waals surface area contributed by atoms with Crippen LogP contribution in [0.3, 0.4) is 0 Å². The van der Waals surface area contributed by atoms with Crippen molar-refractivity contribution in [2.24, 2.45) is 5.73 Å². The lowest BCUT2D eigenvalue weighted by Crippen LogP contribution is -2.19. The Hall–Kier alpha value is 0.350. The maximum absolute atomic E-state index is 5.26. The van der Waals surface area contributed by atoms with E-state index in [2.05, 4.69) is 21.4 Å². The molecule has 3 heteroatoms. The van der Waals surface area contributed by atoms with E-state index in [0.717, 1.165) is 13.0 Å². The first-order valence-electron chi connectivity index (χ1n) is 2.47. The lowest BCUT2D eigenvalue weighted by molar-refractivity contribution is 0.638. The van der Waals surface area contributed by atoms with Crippen LogP contribution in [0.25, 0.3) is 0 Å². The van der Waals surface area contributed by atoms with Crippen LogP contribution in [0.5, 0.6) is 0 Å². The van der Waals surface area contributed by atoms with Crippen molar-refractivity contribution in [2.75, 3.05) is 6.54 Å². The van der Waals surface area contributed by atoms with Crippen LogP contribution in [-0.4, -0.2) is 12.6 Å². The molecule has 0 radical (unpaired) electrons. The van der Waals surface area contributed by atoms with E-state index < -0.39 is 0 Å². The fourth-order valence-corrected chi connectivity index (χ4v) is 0.500. The second kappa shape index (κ2) is 4.51. The molecule has 0 aliphatic carbocycles. The van der Waals surface area contributed by atoms with Crippen molar-refractivity contribution in [3.8, 4) is 0 Å². The van der Waals surface area contributed by atoms with E-state index in [-0.39, 0.29) is 0 Å². The molecule has 0 aliphatic rings. The second-order valence-electron chi connectivity index (χ2n) is 1.65. The Morgan fingerprint density at radius 1 is 1.86 bits per heavy atom. The second-order valence-corrected chi connectivity index (χ2v) is 1.98. The highest BCUT2D eigenvalue weighted by Gasteiger charge is 1.91. The maximum Gasteiger partial charge on any atom is 0.00825 e. The van der Waals surface area contributed by atoms with Gasteiger partial charge in [0.2, 0.25) is 0 Å². The van der Waals surface area contributed by atoms with Crippen molar-refractivity contribution in [2.45, 2.75) is 19.4 Å². The van der Waals surface area contributed by atoms with Crippen LogP contribution in [-0.2, 0) is 0 Å². The first-order valence-corrected chi connectivity index (χ1v) is 3.05. The molecule has 0 aromatic rings. The summed E-state index contributed by atoms with van der Waals surface area (Å²) in [5, 5.41) is 3.00. The largest absolute Gasteiger partial charge is 0.330 e. The highest BCUT2D eigenvalue weighted by molar-refractivity contribution is 7.13. The quantitative estimate of drug-likeness (QED) is 0.518. The minimum atomic E-state index is 0.537. The van der Waals surface area contributed by atoms with E-state index in [9.17, 15) is 0 Å². The van der Waals surface area contributed by atoms with Crippen molar-refractivity contribution in [1.82, 2.24) is 5.09 Å². The van der Waals surface area contributed by atoms with Gasteiger partial charge in [0, 0.05) is 6.04 Å². The molecule has 0 spiro atoms. The van der Waals surface area contributed by atoms with Crippen molar-refractivity contribution in [3.05, 3.63) is 0 Å². The lowest BCUT2D eigenvalue weighted by Gasteiger charge is -2.05. The van der Waals surface area contributed by atoms with E-state index in [1.807, 2.05) is 0 Å². The zero-order chi connectivity index (χ0) is 5.70. The molecule has 0 aromatic carbocycles. The third-order valence-corrected chi connectivity index (χ3v) is 1.45. The molecule has 2 unspecified atom stereocenters. The van der Waals surface area contributed by atoms with Gasteiger partial charge in [-0.1, -0.05) is 9.39 Å². The lowest BCUT2D eigenvalue weighted by atomic mass is 10.3. The molecule has 2 atom stereocenters. The predicted molar refractivity (Wildman–Crippen MR) is 36.0 cm³/mol. The van der Waals surface area contributed by atoms with Crippen LogP contribution in [0, 0.1) is 0 Å². The molecule has 3 N–H and O–H groups in total. The minimum absolute atomic E-state index is 0.537. The molecule has 44 valence electrons. The third kappa shape index (κ3) is 4.20. The summed E-state index contributed by atoms with van der Waals surface area (Å²) in [7, 11) is 2.46. The molecule has 0 fully saturated rings. The summed E-state index contributed by atoms with van der Waals surface area (Å²) in [6.45, 7) is 2.86. The van der Waals surface area contributed by atoms with Crippen molar-refractivity contribution in [3.63, 3.8) is 0 Å². The van der Waals surface area contributed by atoms with Gasteiger partial charge in [0.15, 0.2) is 0 Å². The number of nitrogens with two attached hydrogens (primary N) is 1. The first kappa shape index (κ1) is 7.35. The molecule has 0 saturated carbocycles. The van der Waals surface area contributed by atoms with E-state index in [1.165, 1.54) is 0 Å². The van der Waals surface area contributed by atoms with E-state index in [1.54, 1.807) is 0 Å². The van der Waals surface area contributed by atoms with Gasteiger partial charge in [-0.15, -0.1) is 0 Å². The highest BCUT2D eigenvalue weighted by Crippen LogP contribution is 1.87. The summed E-state index contributed by atoms with van der Waals surface area (Å²) in [4.78, 5) is 0. The fraction of sp³-hybridized carbons (Fsp3) is 1.00. The van der Waals surface area contributed by atoms with Crippen LogP contribution in [0.15, 0.2) is 0 Å². The van der Waals surface area contributed by atoms with Gasteiger partial charge in [-0.3, -0.25) is 5.09 Å². The van der Waals surface area contributed by atoms with Gasteiger partial charge in [-0.25, -0.2) is 0 Å². The number of rotatable bonds is 3. The van der Waals surface area contributed by atoms with Gasteiger partial charge in [-0.2, -0.15) is 0 Å². The number of hydrogen-bond donors (Lipinski definition) is 2. The van der Waals surface area contributed by atoms with Crippen LogP contribution in [0.2, 0.25) is 0 Å². The summed E-state index contributed by atoms with van der Waals surface area (Å²) in [5.74, 6) is 0. The molecule has 0 heterocycles. The van der Waals surface area contributed by atoms with Crippen LogP contribution in [0.4, 0.5) is 0 Å². The molecule has 0 amide bonds. The Labute approximate surface area is 47.1 Å². The minimum Gasteiger partial charge on any atom is -0.330 e. The van der Waals surface area contributed by atoms with Crippen molar-refractivity contribution in [1.29, 1.82) is 0 Å². The summed E-state index contributed by atoms with van der Waals surface area (Å²) in [6.07, 6.45) is 1.05. The molecule has 7 heavy (non-hydrogen) atoms. The SMILES string of the molecule is CC(CCN)NP. The average molecular weight is 120 g/mol. The predicted octanol–water partition coefficient (Wildman–Crippen LogP) is 0.103. The van der Waals surface area contributed by atoms with Gasteiger partial charge < -0.3 is 5.73 Å². The van der Waals surface area contributed by atoms with Gasteiger partial charge in [0.1, 0.15) is 0 Å².